The molecule has 118 valence electrons. The molecule has 2 rings (SSSR count). The van der Waals surface area contributed by atoms with Crippen LogP contribution in [0.2, 0.25) is 0 Å². The lowest BCUT2D eigenvalue weighted by Crippen LogP contribution is -1.98. The number of thioether (sulfide) groups is 1. The van der Waals surface area contributed by atoms with Gasteiger partial charge in [-0.15, -0.1) is 11.8 Å². The Labute approximate surface area is 134 Å². The Kier molecular flexibility index (Phi) is 5.60. The SMILES string of the molecule is CCc1noc(C(C)SCc2cc(C(C)=O)ccc2OC)n1. The molecule has 0 saturated heterocycles. The first-order valence-electron chi connectivity index (χ1n) is 7.17. The fourth-order valence-electron chi connectivity index (χ4n) is 1.97. The minimum atomic E-state index is 0.0476. The summed E-state index contributed by atoms with van der Waals surface area (Å²) in [6.07, 6.45) is 0.759. The Balaban J connectivity index is 2.09. The highest BCUT2D eigenvalue weighted by Gasteiger charge is 2.16. The maximum Gasteiger partial charge on any atom is 0.239 e. The van der Waals surface area contributed by atoms with Crippen molar-refractivity contribution < 1.29 is 14.1 Å². The molecule has 0 aliphatic heterocycles. The van der Waals surface area contributed by atoms with Crippen molar-refractivity contribution in [3.05, 3.63) is 41.0 Å². The Hall–Kier alpha value is -1.82. The quantitative estimate of drug-likeness (QED) is 0.722. The topological polar surface area (TPSA) is 65.2 Å². The lowest BCUT2D eigenvalue weighted by molar-refractivity contribution is 0.101. The molecule has 0 N–H and O–H groups in total. The number of hydrogen-bond donors (Lipinski definition) is 0. The van der Waals surface area contributed by atoms with Crippen LogP contribution in [0.25, 0.3) is 0 Å². The van der Waals surface area contributed by atoms with E-state index >= 15 is 0 Å². The minimum absolute atomic E-state index is 0.0476. The van der Waals surface area contributed by atoms with Gasteiger partial charge in [-0.1, -0.05) is 12.1 Å². The summed E-state index contributed by atoms with van der Waals surface area (Å²) in [5.41, 5.74) is 1.68. The minimum Gasteiger partial charge on any atom is -0.496 e. The molecule has 0 aliphatic rings. The molecule has 1 aromatic heterocycles. The first-order chi connectivity index (χ1) is 10.5. The molecule has 0 radical (unpaired) electrons. The van der Waals surface area contributed by atoms with E-state index in [0.717, 1.165) is 23.6 Å². The summed E-state index contributed by atoms with van der Waals surface area (Å²) in [7, 11) is 1.63. The lowest BCUT2D eigenvalue weighted by Gasteiger charge is -2.11. The third-order valence-electron chi connectivity index (χ3n) is 3.32. The van der Waals surface area contributed by atoms with Crippen LogP contribution in [0.3, 0.4) is 0 Å². The zero-order valence-electron chi connectivity index (χ0n) is 13.3. The van der Waals surface area contributed by atoms with Crippen LogP contribution in [-0.2, 0) is 12.2 Å². The summed E-state index contributed by atoms with van der Waals surface area (Å²) in [6.45, 7) is 5.58. The van der Waals surface area contributed by atoms with Gasteiger partial charge in [-0.25, -0.2) is 0 Å². The van der Waals surface area contributed by atoms with E-state index in [9.17, 15) is 4.79 Å². The highest BCUT2D eigenvalue weighted by Crippen LogP contribution is 2.33. The second-order valence-electron chi connectivity index (χ2n) is 4.94. The lowest BCUT2D eigenvalue weighted by atomic mass is 10.1. The molecule has 6 heteroatoms. The smallest absolute Gasteiger partial charge is 0.239 e. The molecule has 22 heavy (non-hydrogen) atoms. The normalized spacial score (nSPS) is 12.2. The van der Waals surface area contributed by atoms with Crippen molar-refractivity contribution in [1.29, 1.82) is 0 Å². The molecule has 1 atom stereocenters. The number of aromatic nitrogens is 2. The molecule has 0 fully saturated rings. The first-order valence-corrected chi connectivity index (χ1v) is 8.22. The van der Waals surface area contributed by atoms with Crippen LogP contribution in [-0.4, -0.2) is 23.0 Å². The van der Waals surface area contributed by atoms with Gasteiger partial charge in [0.05, 0.1) is 12.4 Å². The van der Waals surface area contributed by atoms with Gasteiger partial charge >= 0.3 is 0 Å². The third kappa shape index (κ3) is 3.88. The average molecular weight is 320 g/mol. The number of nitrogens with zero attached hydrogens (tertiary/aromatic N) is 2. The summed E-state index contributed by atoms with van der Waals surface area (Å²) in [4.78, 5) is 15.9. The van der Waals surface area contributed by atoms with Crippen LogP contribution < -0.4 is 4.74 Å². The Bertz CT molecular complexity index is 655. The molecule has 1 heterocycles. The summed E-state index contributed by atoms with van der Waals surface area (Å²) >= 11 is 1.67. The number of Topliss-reactive ketones (excluding diaryl/α,β-unsaturated/α-hetero) is 1. The van der Waals surface area contributed by atoms with E-state index in [1.54, 1.807) is 31.9 Å². The number of ether oxygens (including phenoxy) is 1. The fraction of sp³-hybridized carbons (Fsp3) is 0.438. The molecule has 1 unspecified atom stereocenters. The van der Waals surface area contributed by atoms with Gasteiger partial charge in [0.15, 0.2) is 11.6 Å². The Morgan fingerprint density at radius 3 is 2.82 bits per heavy atom. The number of benzene rings is 1. The second-order valence-corrected chi connectivity index (χ2v) is 6.27. The second kappa shape index (κ2) is 7.45. The molecule has 5 nitrogen and oxygen atoms in total. The fourth-order valence-corrected chi connectivity index (χ4v) is 2.87. The number of hydrogen-bond acceptors (Lipinski definition) is 6. The van der Waals surface area contributed by atoms with Gasteiger partial charge in [-0.2, -0.15) is 4.98 Å². The van der Waals surface area contributed by atoms with E-state index in [-0.39, 0.29) is 11.0 Å². The van der Waals surface area contributed by atoms with Crippen molar-refractivity contribution in [3.8, 4) is 5.75 Å². The van der Waals surface area contributed by atoms with E-state index in [2.05, 4.69) is 10.1 Å². The summed E-state index contributed by atoms with van der Waals surface area (Å²) in [6, 6.07) is 5.50. The van der Waals surface area contributed by atoms with Crippen LogP contribution in [0.1, 0.15) is 53.7 Å². The van der Waals surface area contributed by atoms with E-state index in [4.69, 9.17) is 9.26 Å². The van der Waals surface area contributed by atoms with Crippen molar-refractivity contribution in [1.82, 2.24) is 10.1 Å². The van der Waals surface area contributed by atoms with E-state index < -0.39 is 0 Å². The largest absolute Gasteiger partial charge is 0.496 e. The third-order valence-corrected chi connectivity index (χ3v) is 4.50. The summed E-state index contributed by atoms with van der Waals surface area (Å²) in [5, 5.41) is 3.99. The van der Waals surface area contributed by atoms with Crippen molar-refractivity contribution in [2.75, 3.05) is 7.11 Å². The maximum absolute atomic E-state index is 11.5. The van der Waals surface area contributed by atoms with Gasteiger partial charge in [0, 0.05) is 23.3 Å². The Morgan fingerprint density at radius 2 is 2.23 bits per heavy atom. The van der Waals surface area contributed by atoms with E-state index in [1.165, 1.54) is 0 Å². The van der Waals surface area contributed by atoms with Gasteiger partial charge < -0.3 is 9.26 Å². The molecule has 0 spiro atoms. The standard InChI is InChI=1S/C16H20N2O3S/c1-5-15-17-16(21-18-15)11(3)22-9-13-8-12(10(2)19)6-7-14(13)20-4/h6-8,11H,5,9H2,1-4H3. The zero-order chi connectivity index (χ0) is 16.1. The van der Waals surface area contributed by atoms with Crippen LogP contribution in [0, 0.1) is 0 Å². The molecule has 0 bridgehead atoms. The summed E-state index contributed by atoms with van der Waals surface area (Å²) in [5.74, 6) is 2.88. The number of methoxy groups -OCH3 is 1. The van der Waals surface area contributed by atoms with Gasteiger partial charge in [0.1, 0.15) is 5.75 Å². The molecule has 1 aromatic carbocycles. The average Bonchev–Trinajstić information content (AvgIpc) is 3.01. The highest BCUT2D eigenvalue weighted by atomic mass is 32.2. The van der Waals surface area contributed by atoms with Crippen molar-refractivity contribution in [3.63, 3.8) is 0 Å². The van der Waals surface area contributed by atoms with Gasteiger partial charge in [-0.3, -0.25) is 4.79 Å². The van der Waals surface area contributed by atoms with Crippen molar-refractivity contribution in [2.45, 2.75) is 38.2 Å². The molecular formula is C16H20N2O3S. The molecular weight excluding hydrogens is 300 g/mol. The predicted molar refractivity (Wildman–Crippen MR) is 86.4 cm³/mol. The number of carbonyl (C=O) groups excluding carboxylic acids is 1. The first kappa shape index (κ1) is 16.5. The molecule has 2 aromatic rings. The van der Waals surface area contributed by atoms with Gasteiger partial charge in [0.2, 0.25) is 5.89 Å². The van der Waals surface area contributed by atoms with Gasteiger partial charge in [-0.05, 0) is 32.0 Å². The molecule has 0 amide bonds. The Morgan fingerprint density at radius 1 is 1.45 bits per heavy atom. The number of aryl methyl sites for hydroxylation is 1. The van der Waals surface area contributed by atoms with E-state index in [0.29, 0.717) is 17.2 Å². The maximum atomic E-state index is 11.5. The molecule has 0 saturated carbocycles. The van der Waals surface area contributed by atoms with Crippen molar-refractivity contribution in [2.24, 2.45) is 0 Å². The van der Waals surface area contributed by atoms with Crippen LogP contribution >= 0.6 is 11.8 Å². The number of rotatable bonds is 7. The molecule has 0 aliphatic carbocycles. The summed E-state index contributed by atoms with van der Waals surface area (Å²) < 4.78 is 10.6. The number of carbonyl (C=O) groups is 1. The van der Waals surface area contributed by atoms with Crippen LogP contribution in [0.15, 0.2) is 22.7 Å². The predicted octanol–water partition coefficient (Wildman–Crippen LogP) is 3.84. The van der Waals surface area contributed by atoms with E-state index in [1.807, 2.05) is 26.0 Å². The van der Waals surface area contributed by atoms with Crippen LogP contribution in [0.5, 0.6) is 5.75 Å². The van der Waals surface area contributed by atoms with Crippen LogP contribution in [0.4, 0.5) is 0 Å². The monoisotopic (exact) mass is 320 g/mol. The number of ketones is 1. The van der Waals surface area contributed by atoms with Crippen molar-refractivity contribution >= 4 is 17.5 Å². The highest BCUT2D eigenvalue weighted by molar-refractivity contribution is 7.98. The zero-order valence-corrected chi connectivity index (χ0v) is 14.1. The van der Waals surface area contributed by atoms with Gasteiger partial charge in [0.25, 0.3) is 0 Å².